The SMILES string of the molecule is CCOB(O)B(O)O. The summed E-state index contributed by atoms with van der Waals surface area (Å²) in [5.41, 5.74) is 0. The molecule has 0 aromatic rings. The van der Waals surface area contributed by atoms with Crippen LogP contribution in [0.25, 0.3) is 0 Å². The van der Waals surface area contributed by atoms with Gasteiger partial charge in [-0.25, -0.2) is 0 Å². The highest BCUT2D eigenvalue weighted by atomic mass is 16.5. The third kappa shape index (κ3) is 3.04. The molecule has 0 rings (SSSR count). The smallest absolute Gasteiger partial charge is 0.429 e. The van der Waals surface area contributed by atoms with E-state index in [2.05, 4.69) is 4.65 Å². The van der Waals surface area contributed by atoms with Crippen LogP contribution in [0.15, 0.2) is 0 Å². The summed E-state index contributed by atoms with van der Waals surface area (Å²) in [5.74, 6) is 0. The van der Waals surface area contributed by atoms with Crippen molar-refractivity contribution in [1.82, 2.24) is 0 Å². The van der Waals surface area contributed by atoms with Gasteiger partial charge in [-0.3, -0.25) is 0 Å². The molecular weight excluding hydrogens is 110 g/mol. The Bertz CT molecular complexity index is 58.0. The maximum Gasteiger partial charge on any atom is 0.484 e. The molecule has 0 aromatic heterocycles. The molecule has 0 aliphatic carbocycles. The van der Waals surface area contributed by atoms with Gasteiger partial charge in [0.15, 0.2) is 0 Å². The van der Waals surface area contributed by atoms with E-state index < -0.39 is 14.0 Å². The second kappa shape index (κ2) is 3.91. The summed E-state index contributed by atoms with van der Waals surface area (Å²) >= 11 is 0. The Kier molecular flexibility index (Phi) is 3.90. The molecule has 0 fully saturated rings. The zero-order valence-electron chi connectivity index (χ0n) is 4.61. The second-order valence-electron chi connectivity index (χ2n) is 1.26. The highest BCUT2D eigenvalue weighted by Gasteiger charge is 2.28. The van der Waals surface area contributed by atoms with Crippen LogP contribution in [0.3, 0.4) is 0 Å². The van der Waals surface area contributed by atoms with Crippen LogP contribution in [0, 0.1) is 0 Å². The lowest BCUT2D eigenvalue weighted by Gasteiger charge is -2.01. The van der Waals surface area contributed by atoms with Crippen LogP contribution in [0.4, 0.5) is 0 Å². The van der Waals surface area contributed by atoms with Crippen molar-refractivity contribution in [1.29, 1.82) is 0 Å². The molecule has 8 heavy (non-hydrogen) atoms. The number of hydrogen-bond donors (Lipinski definition) is 3. The molecule has 0 radical (unpaired) electrons. The highest BCUT2D eigenvalue weighted by molar-refractivity contribution is 7.08. The summed E-state index contributed by atoms with van der Waals surface area (Å²) < 4.78 is 4.36. The van der Waals surface area contributed by atoms with Crippen molar-refractivity contribution >= 4 is 14.0 Å². The molecule has 0 spiro atoms. The van der Waals surface area contributed by atoms with Crippen LogP contribution in [0.1, 0.15) is 6.92 Å². The van der Waals surface area contributed by atoms with E-state index in [1.54, 1.807) is 6.92 Å². The minimum absolute atomic E-state index is 0.263. The van der Waals surface area contributed by atoms with Gasteiger partial charge in [0.05, 0.1) is 0 Å². The summed E-state index contributed by atoms with van der Waals surface area (Å²) in [6, 6.07) is 0. The summed E-state index contributed by atoms with van der Waals surface area (Å²) in [7, 11) is -3.27. The average Bonchev–Trinajstić information content (AvgIpc) is 1.67. The van der Waals surface area contributed by atoms with E-state index in [1.165, 1.54) is 0 Å². The minimum Gasteiger partial charge on any atom is -0.429 e. The van der Waals surface area contributed by atoms with Gasteiger partial charge in [-0.15, -0.1) is 0 Å². The van der Waals surface area contributed by atoms with E-state index >= 15 is 0 Å². The Morgan fingerprint density at radius 3 is 2.00 bits per heavy atom. The van der Waals surface area contributed by atoms with Crippen LogP contribution in [-0.4, -0.2) is 35.7 Å². The van der Waals surface area contributed by atoms with Gasteiger partial charge in [0.25, 0.3) is 0 Å². The van der Waals surface area contributed by atoms with Crippen molar-refractivity contribution in [3.05, 3.63) is 0 Å². The molecule has 0 atom stereocenters. The van der Waals surface area contributed by atoms with Crippen molar-refractivity contribution in [3.8, 4) is 0 Å². The van der Waals surface area contributed by atoms with Gasteiger partial charge in [-0.2, -0.15) is 0 Å². The van der Waals surface area contributed by atoms with E-state index in [9.17, 15) is 0 Å². The standard InChI is InChI=1S/C2H8B2O4/c1-2-8-4(7)3(5)6/h5-7H,2H2,1H3. The molecule has 3 N–H and O–H groups in total. The van der Waals surface area contributed by atoms with Crippen molar-refractivity contribution in [2.75, 3.05) is 6.61 Å². The first-order valence-corrected chi connectivity index (χ1v) is 2.34. The molecule has 0 amide bonds. The summed E-state index contributed by atoms with van der Waals surface area (Å²) in [6.45, 7) is 1.91. The molecule has 0 aliphatic heterocycles. The molecule has 0 saturated carbocycles. The molecule has 0 unspecified atom stereocenters. The first-order chi connectivity index (χ1) is 3.68. The Hall–Kier alpha value is -0.0301. The molecule has 0 aromatic carbocycles. The lowest BCUT2D eigenvalue weighted by Crippen LogP contribution is -2.38. The van der Waals surface area contributed by atoms with Gasteiger partial charge in [-0.1, -0.05) is 0 Å². The van der Waals surface area contributed by atoms with Crippen LogP contribution >= 0.6 is 0 Å². The summed E-state index contributed by atoms with van der Waals surface area (Å²) in [5, 5.41) is 24.7. The second-order valence-corrected chi connectivity index (χ2v) is 1.26. The fourth-order valence-electron chi connectivity index (χ4n) is 0.257. The lowest BCUT2D eigenvalue weighted by atomic mass is 9.50. The zero-order chi connectivity index (χ0) is 6.57. The maximum atomic E-state index is 8.40. The van der Waals surface area contributed by atoms with Crippen LogP contribution in [0.2, 0.25) is 0 Å². The van der Waals surface area contributed by atoms with Gasteiger partial charge >= 0.3 is 14.0 Å². The third-order valence-electron chi connectivity index (χ3n) is 0.592. The molecule has 0 bridgehead atoms. The van der Waals surface area contributed by atoms with Crippen molar-refractivity contribution in [3.63, 3.8) is 0 Å². The van der Waals surface area contributed by atoms with Crippen molar-refractivity contribution in [2.24, 2.45) is 0 Å². The fraction of sp³-hybridized carbons (Fsp3) is 1.00. The topological polar surface area (TPSA) is 69.9 Å². The normalized spacial score (nSPS) is 9.00. The number of hydrogen-bond acceptors (Lipinski definition) is 4. The van der Waals surface area contributed by atoms with Gasteiger partial charge < -0.3 is 19.7 Å². The van der Waals surface area contributed by atoms with Crippen molar-refractivity contribution in [2.45, 2.75) is 6.92 Å². The van der Waals surface area contributed by atoms with Gasteiger partial charge in [0, 0.05) is 6.61 Å². The summed E-state index contributed by atoms with van der Waals surface area (Å²) in [4.78, 5) is 0. The molecular formula is C2H8B2O4. The van der Waals surface area contributed by atoms with Crippen molar-refractivity contribution < 1.29 is 19.7 Å². The first-order valence-electron chi connectivity index (χ1n) is 2.34. The van der Waals surface area contributed by atoms with Gasteiger partial charge in [0.1, 0.15) is 0 Å². The maximum absolute atomic E-state index is 8.40. The van der Waals surface area contributed by atoms with Crippen LogP contribution < -0.4 is 0 Å². The Labute approximate surface area is 48.4 Å². The lowest BCUT2D eigenvalue weighted by molar-refractivity contribution is 0.273. The first kappa shape index (κ1) is 7.97. The molecule has 46 valence electrons. The van der Waals surface area contributed by atoms with Gasteiger partial charge in [-0.05, 0) is 6.92 Å². The third-order valence-corrected chi connectivity index (χ3v) is 0.592. The van der Waals surface area contributed by atoms with Crippen LogP contribution in [-0.2, 0) is 4.65 Å². The van der Waals surface area contributed by atoms with E-state index in [0.717, 1.165) is 0 Å². The largest absolute Gasteiger partial charge is 0.484 e. The van der Waals surface area contributed by atoms with Crippen LogP contribution in [0.5, 0.6) is 0 Å². The van der Waals surface area contributed by atoms with Gasteiger partial charge in [0.2, 0.25) is 0 Å². The fourth-order valence-corrected chi connectivity index (χ4v) is 0.257. The Morgan fingerprint density at radius 2 is 1.88 bits per heavy atom. The molecule has 0 heterocycles. The highest BCUT2D eigenvalue weighted by Crippen LogP contribution is 1.80. The zero-order valence-corrected chi connectivity index (χ0v) is 4.61. The Morgan fingerprint density at radius 1 is 1.38 bits per heavy atom. The predicted octanol–water partition coefficient (Wildman–Crippen LogP) is -1.95. The molecule has 0 aliphatic rings. The monoisotopic (exact) mass is 118 g/mol. The average molecular weight is 118 g/mol. The minimum atomic E-state index is -1.80. The molecule has 4 nitrogen and oxygen atoms in total. The quantitative estimate of drug-likeness (QED) is 0.376. The molecule has 0 saturated heterocycles. The van der Waals surface area contributed by atoms with E-state index in [1.807, 2.05) is 0 Å². The Balaban J connectivity index is 3.17. The molecule has 6 heteroatoms. The predicted molar refractivity (Wildman–Crippen MR) is 29.8 cm³/mol. The van der Waals surface area contributed by atoms with E-state index in [-0.39, 0.29) is 6.61 Å². The summed E-state index contributed by atoms with van der Waals surface area (Å²) in [6.07, 6.45) is 0. The van der Waals surface area contributed by atoms with E-state index in [0.29, 0.717) is 0 Å². The number of rotatable bonds is 3. The van der Waals surface area contributed by atoms with E-state index in [4.69, 9.17) is 15.1 Å².